The molecule has 0 spiro atoms. The van der Waals surface area contributed by atoms with Gasteiger partial charge in [0.1, 0.15) is 0 Å². The summed E-state index contributed by atoms with van der Waals surface area (Å²) < 4.78 is 4.63. The first kappa shape index (κ1) is 12.8. The van der Waals surface area contributed by atoms with Crippen molar-refractivity contribution in [1.29, 1.82) is 0 Å². The van der Waals surface area contributed by atoms with E-state index in [0.717, 1.165) is 12.0 Å². The fourth-order valence-corrected chi connectivity index (χ4v) is 1.82. The van der Waals surface area contributed by atoms with E-state index in [0.29, 0.717) is 10.6 Å². The number of halogens is 1. The lowest BCUT2D eigenvalue weighted by Crippen LogP contribution is -2.02. The van der Waals surface area contributed by atoms with Crippen LogP contribution in [0.5, 0.6) is 0 Å². The molecule has 0 fully saturated rings. The van der Waals surface area contributed by atoms with Gasteiger partial charge in [-0.05, 0) is 36.6 Å². The maximum atomic E-state index is 11.3. The summed E-state index contributed by atoms with van der Waals surface area (Å²) in [6, 6.07) is 5.38. The number of esters is 1. The fraction of sp³-hybridized carbons (Fsp3) is 0.308. The summed E-state index contributed by atoms with van der Waals surface area (Å²) >= 11 is 6.03. The van der Waals surface area contributed by atoms with Gasteiger partial charge in [0.2, 0.25) is 0 Å². The van der Waals surface area contributed by atoms with Gasteiger partial charge in [0.15, 0.2) is 0 Å². The zero-order valence-corrected chi connectivity index (χ0v) is 10.5. The van der Waals surface area contributed by atoms with Crippen LogP contribution in [-0.2, 0) is 4.74 Å². The minimum absolute atomic E-state index is 0.402. The summed E-state index contributed by atoms with van der Waals surface area (Å²) in [6.07, 6.45) is 2.98. The molecule has 0 amide bonds. The number of rotatable bonds is 3. The largest absolute Gasteiger partial charge is 0.465 e. The Kier molecular flexibility index (Phi) is 4.56. The van der Waals surface area contributed by atoms with Crippen LogP contribution in [0, 0.1) is 0 Å². The lowest BCUT2D eigenvalue weighted by Gasteiger charge is -2.07. The SMILES string of the molecule is CC=C(CC)c1ccc(C(=O)OC)c(Cl)c1. The molecule has 0 saturated heterocycles. The Balaban J connectivity index is 3.13. The van der Waals surface area contributed by atoms with Gasteiger partial charge in [-0.2, -0.15) is 0 Å². The van der Waals surface area contributed by atoms with E-state index in [4.69, 9.17) is 11.6 Å². The van der Waals surface area contributed by atoms with E-state index in [1.807, 2.05) is 19.1 Å². The predicted octanol–water partition coefficient (Wildman–Crippen LogP) is 3.94. The average molecular weight is 239 g/mol. The second kappa shape index (κ2) is 5.71. The summed E-state index contributed by atoms with van der Waals surface area (Å²) in [4.78, 5) is 11.3. The van der Waals surface area contributed by atoms with Crippen LogP contribution >= 0.6 is 11.6 Å². The van der Waals surface area contributed by atoms with Crippen molar-refractivity contribution in [2.45, 2.75) is 20.3 Å². The summed E-state index contributed by atoms with van der Waals surface area (Å²) in [5, 5.41) is 0.428. The molecule has 1 rings (SSSR count). The summed E-state index contributed by atoms with van der Waals surface area (Å²) in [5.74, 6) is -0.407. The molecule has 16 heavy (non-hydrogen) atoms. The molecule has 0 saturated carbocycles. The van der Waals surface area contributed by atoms with E-state index < -0.39 is 5.97 Å². The van der Waals surface area contributed by atoms with Gasteiger partial charge in [-0.25, -0.2) is 4.79 Å². The highest BCUT2D eigenvalue weighted by Crippen LogP contribution is 2.24. The van der Waals surface area contributed by atoms with Crippen molar-refractivity contribution in [3.8, 4) is 0 Å². The van der Waals surface area contributed by atoms with Crippen LogP contribution in [0.25, 0.3) is 5.57 Å². The maximum absolute atomic E-state index is 11.3. The fourth-order valence-electron chi connectivity index (χ4n) is 1.57. The highest BCUT2D eigenvalue weighted by atomic mass is 35.5. The summed E-state index contributed by atoms with van der Waals surface area (Å²) in [6.45, 7) is 4.07. The molecule has 0 aliphatic rings. The number of hydrogen-bond acceptors (Lipinski definition) is 2. The van der Waals surface area contributed by atoms with Gasteiger partial charge in [0.05, 0.1) is 17.7 Å². The van der Waals surface area contributed by atoms with Crippen molar-refractivity contribution in [3.05, 3.63) is 40.4 Å². The average Bonchev–Trinajstić information content (AvgIpc) is 2.30. The van der Waals surface area contributed by atoms with Crippen LogP contribution in [0.3, 0.4) is 0 Å². The van der Waals surface area contributed by atoms with E-state index in [1.54, 1.807) is 12.1 Å². The molecule has 0 N–H and O–H groups in total. The first-order chi connectivity index (χ1) is 7.63. The zero-order valence-electron chi connectivity index (χ0n) is 9.71. The third-order valence-electron chi connectivity index (χ3n) is 2.47. The van der Waals surface area contributed by atoms with Crippen LogP contribution in [0.15, 0.2) is 24.3 Å². The van der Waals surface area contributed by atoms with Crippen LogP contribution in [0.1, 0.15) is 36.2 Å². The number of carbonyl (C=O) groups is 1. The van der Waals surface area contributed by atoms with Gasteiger partial charge >= 0.3 is 5.97 Å². The van der Waals surface area contributed by atoms with Crippen molar-refractivity contribution < 1.29 is 9.53 Å². The molecule has 3 heteroatoms. The van der Waals surface area contributed by atoms with Gasteiger partial charge < -0.3 is 4.74 Å². The normalized spacial score (nSPS) is 11.4. The van der Waals surface area contributed by atoms with E-state index in [9.17, 15) is 4.79 Å². The molecule has 0 unspecified atom stereocenters. The van der Waals surface area contributed by atoms with Crippen molar-refractivity contribution in [2.24, 2.45) is 0 Å². The Hall–Kier alpha value is -1.28. The standard InChI is InChI=1S/C13H15ClO2/c1-4-9(5-2)10-6-7-11(12(14)8-10)13(15)16-3/h4,6-8H,5H2,1-3H3. The maximum Gasteiger partial charge on any atom is 0.339 e. The number of hydrogen-bond donors (Lipinski definition) is 0. The van der Waals surface area contributed by atoms with Gasteiger partial charge in [0, 0.05) is 0 Å². The first-order valence-electron chi connectivity index (χ1n) is 5.17. The lowest BCUT2D eigenvalue weighted by atomic mass is 10.0. The Labute approximate surface area is 101 Å². The Morgan fingerprint density at radius 2 is 2.19 bits per heavy atom. The summed E-state index contributed by atoms with van der Waals surface area (Å²) in [5.41, 5.74) is 2.65. The smallest absolute Gasteiger partial charge is 0.339 e. The Morgan fingerprint density at radius 3 is 2.62 bits per heavy atom. The molecule has 86 valence electrons. The molecule has 1 aromatic rings. The molecule has 0 aliphatic heterocycles. The zero-order chi connectivity index (χ0) is 12.1. The second-order valence-electron chi connectivity index (χ2n) is 3.35. The molecule has 0 aliphatic carbocycles. The second-order valence-corrected chi connectivity index (χ2v) is 3.76. The van der Waals surface area contributed by atoms with Crippen molar-refractivity contribution in [3.63, 3.8) is 0 Å². The van der Waals surface area contributed by atoms with E-state index >= 15 is 0 Å². The Bertz CT molecular complexity index is 422. The monoisotopic (exact) mass is 238 g/mol. The molecule has 0 atom stereocenters. The molecule has 0 aromatic heterocycles. The number of allylic oxidation sites excluding steroid dienone is 2. The highest BCUT2D eigenvalue weighted by Gasteiger charge is 2.11. The molecule has 1 aromatic carbocycles. The predicted molar refractivity (Wildman–Crippen MR) is 66.7 cm³/mol. The number of ether oxygens (including phenoxy) is 1. The van der Waals surface area contributed by atoms with Crippen LogP contribution in [0.2, 0.25) is 5.02 Å². The molecule has 0 radical (unpaired) electrons. The quantitative estimate of drug-likeness (QED) is 0.746. The van der Waals surface area contributed by atoms with Crippen molar-refractivity contribution in [2.75, 3.05) is 7.11 Å². The van der Waals surface area contributed by atoms with Crippen LogP contribution in [0.4, 0.5) is 0 Å². The van der Waals surface area contributed by atoms with Crippen molar-refractivity contribution >= 4 is 23.1 Å². The van der Waals surface area contributed by atoms with Gasteiger partial charge in [-0.3, -0.25) is 0 Å². The third kappa shape index (κ3) is 2.64. The Morgan fingerprint density at radius 1 is 1.50 bits per heavy atom. The van der Waals surface area contributed by atoms with E-state index in [2.05, 4.69) is 11.7 Å². The topological polar surface area (TPSA) is 26.3 Å². The highest BCUT2D eigenvalue weighted by molar-refractivity contribution is 6.33. The number of benzene rings is 1. The molecular formula is C13H15ClO2. The molecule has 2 nitrogen and oxygen atoms in total. The minimum atomic E-state index is -0.407. The minimum Gasteiger partial charge on any atom is -0.465 e. The van der Waals surface area contributed by atoms with E-state index in [1.165, 1.54) is 12.7 Å². The van der Waals surface area contributed by atoms with Crippen LogP contribution < -0.4 is 0 Å². The van der Waals surface area contributed by atoms with Gasteiger partial charge in [-0.1, -0.05) is 30.7 Å². The first-order valence-corrected chi connectivity index (χ1v) is 5.55. The van der Waals surface area contributed by atoms with Gasteiger partial charge in [0.25, 0.3) is 0 Å². The van der Waals surface area contributed by atoms with E-state index in [-0.39, 0.29) is 0 Å². The van der Waals surface area contributed by atoms with Gasteiger partial charge in [-0.15, -0.1) is 0 Å². The molecular weight excluding hydrogens is 224 g/mol. The van der Waals surface area contributed by atoms with Crippen LogP contribution in [-0.4, -0.2) is 13.1 Å². The molecule has 0 bridgehead atoms. The van der Waals surface area contributed by atoms with Crippen molar-refractivity contribution in [1.82, 2.24) is 0 Å². The lowest BCUT2D eigenvalue weighted by molar-refractivity contribution is 0.0601. The third-order valence-corrected chi connectivity index (χ3v) is 2.79. The molecule has 0 heterocycles. The number of carbonyl (C=O) groups excluding carboxylic acids is 1. The summed E-state index contributed by atoms with van der Waals surface area (Å²) in [7, 11) is 1.34. The number of methoxy groups -OCH3 is 1.